The van der Waals surface area contributed by atoms with Gasteiger partial charge in [0.05, 0.1) is 35.2 Å². The van der Waals surface area contributed by atoms with E-state index in [1.165, 1.54) is 35.1 Å². The number of likely N-dealkylation sites (N-methyl/N-ethyl adjacent to an activating group) is 1. The summed E-state index contributed by atoms with van der Waals surface area (Å²) >= 11 is 0.120. The van der Waals surface area contributed by atoms with Gasteiger partial charge in [-0.15, -0.1) is 6.58 Å². The number of fused-ring (bicyclic) bond motifs is 1. The van der Waals surface area contributed by atoms with Crippen LogP contribution in [-0.4, -0.2) is 104 Å². The van der Waals surface area contributed by atoms with Gasteiger partial charge in [-0.3, -0.25) is 9.88 Å². The van der Waals surface area contributed by atoms with Gasteiger partial charge in [-0.1, -0.05) is 33.1 Å². The van der Waals surface area contributed by atoms with Crippen LogP contribution < -0.4 is 30.7 Å². The van der Waals surface area contributed by atoms with Crippen molar-refractivity contribution in [3.8, 4) is 0 Å². The normalized spacial score (nSPS) is 17.2. The van der Waals surface area contributed by atoms with Crippen molar-refractivity contribution >= 4 is 63.3 Å². The molecule has 3 saturated heterocycles. The lowest BCUT2D eigenvalue weighted by Crippen LogP contribution is -2.53. The van der Waals surface area contributed by atoms with Gasteiger partial charge < -0.3 is 35.6 Å². The van der Waals surface area contributed by atoms with Crippen LogP contribution >= 0.6 is 12.1 Å². The number of halogens is 3. The zero-order valence-electron chi connectivity index (χ0n) is 41.9. The SMILES string of the molecule is C=CCCC(C(=C)NC)c1c(F)cc(N2CCC(C(=C)N3CCN(C4CCN(c5cc(CC)c(Nc6ncc(SF)c(Nc7ccc8nc(C)ccc8c7N(C)C)n6)cc5CC)CC4)CC3)C2)cc1F. The molecule has 15 heteroatoms. The Kier molecular flexibility index (Phi) is 16.2. The minimum atomic E-state index is -0.533. The highest BCUT2D eigenvalue weighted by Crippen LogP contribution is 2.40. The molecule has 5 aromatic rings. The number of hydrogen-bond acceptors (Lipinski definition) is 12. The van der Waals surface area contributed by atoms with Gasteiger partial charge >= 0.3 is 0 Å². The topological polar surface area (TPSA) is 91.0 Å². The van der Waals surface area contributed by atoms with Crippen molar-refractivity contribution in [1.29, 1.82) is 0 Å². The average molecular weight is 974 g/mol. The zero-order chi connectivity index (χ0) is 49.6. The molecule has 70 heavy (non-hydrogen) atoms. The summed E-state index contributed by atoms with van der Waals surface area (Å²) in [7, 11) is 5.70. The Balaban J connectivity index is 0.865. The molecule has 2 atom stereocenters. The van der Waals surface area contributed by atoms with Crippen molar-refractivity contribution in [2.75, 3.05) is 98.8 Å². The predicted octanol–water partition coefficient (Wildman–Crippen LogP) is 11.7. The lowest BCUT2D eigenvalue weighted by atomic mass is 9.90. The summed E-state index contributed by atoms with van der Waals surface area (Å²) in [6.45, 7) is 26.0. The summed E-state index contributed by atoms with van der Waals surface area (Å²) in [4.78, 5) is 26.2. The molecule has 0 radical (unpaired) electrons. The van der Waals surface area contributed by atoms with E-state index in [4.69, 9.17) is 9.97 Å². The molecule has 2 unspecified atom stereocenters. The first-order valence-electron chi connectivity index (χ1n) is 24.9. The van der Waals surface area contributed by atoms with Crippen LogP contribution in [0, 0.1) is 24.5 Å². The number of nitrogens with zero attached hydrogens (tertiary/aromatic N) is 8. The summed E-state index contributed by atoms with van der Waals surface area (Å²) in [6, 6.07) is 16.1. The summed E-state index contributed by atoms with van der Waals surface area (Å²) in [5.74, 6) is -0.539. The van der Waals surface area contributed by atoms with E-state index in [9.17, 15) is 3.89 Å². The molecular formula is C55H70F3N11S. The number of rotatable bonds is 19. The Morgan fingerprint density at radius 2 is 1.59 bits per heavy atom. The van der Waals surface area contributed by atoms with E-state index >= 15 is 8.78 Å². The van der Waals surface area contributed by atoms with Gasteiger partial charge in [0.25, 0.3) is 0 Å². The number of piperazine rings is 1. The number of aromatic nitrogens is 3. The van der Waals surface area contributed by atoms with Crippen LogP contribution in [-0.2, 0) is 12.8 Å². The second kappa shape index (κ2) is 22.4. The molecule has 0 aliphatic carbocycles. The number of pyridine rings is 1. The summed E-state index contributed by atoms with van der Waals surface area (Å²) in [5.41, 5.74) is 10.6. The van der Waals surface area contributed by atoms with E-state index in [2.05, 4.69) is 92.3 Å². The molecule has 3 aliphatic heterocycles. The molecule has 11 nitrogen and oxygen atoms in total. The van der Waals surface area contributed by atoms with Gasteiger partial charge in [0.2, 0.25) is 5.95 Å². The molecule has 3 aromatic carbocycles. The summed E-state index contributed by atoms with van der Waals surface area (Å²) in [5, 5.41) is 10.9. The molecule has 3 N–H and O–H groups in total. The minimum Gasteiger partial charge on any atom is -0.391 e. The number of piperidine rings is 1. The van der Waals surface area contributed by atoms with E-state index in [0.717, 1.165) is 117 Å². The molecule has 8 rings (SSSR count). The van der Waals surface area contributed by atoms with Crippen molar-refractivity contribution in [2.24, 2.45) is 5.92 Å². The number of anilines is 7. The molecule has 372 valence electrons. The van der Waals surface area contributed by atoms with Crippen molar-refractivity contribution in [3.05, 3.63) is 126 Å². The third-order valence-corrected chi connectivity index (χ3v) is 15.2. The van der Waals surface area contributed by atoms with Gasteiger partial charge in [-0.2, -0.15) is 8.87 Å². The molecule has 5 heterocycles. The van der Waals surface area contributed by atoms with E-state index in [0.29, 0.717) is 53.5 Å². The monoisotopic (exact) mass is 974 g/mol. The zero-order valence-corrected chi connectivity index (χ0v) is 42.7. The van der Waals surface area contributed by atoms with Gasteiger partial charge in [-0.05, 0) is 112 Å². The van der Waals surface area contributed by atoms with Crippen LogP contribution in [0.1, 0.15) is 74.3 Å². The Morgan fingerprint density at radius 3 is 2.24 bits per heavy atom. The third-order valence-electron chi connectivity index (χ3n) is 14.7. The number of hydrogen-bond donors (Lipinski definition) is 3. The summed E-state index contributed by atoms with van der Waals surface area (Å²) in [6.07, 6.45) is 9.24. The Hall–Kier alpha value is -5.93. The molecule has 0 saturated carbocycles. The van der Waals surface area contributed by atoms with Crippen LogP contribution in [0.3, 0.4) is 0 Å². The van der Waals surface area contributed by atoms with Crippen molar-refractivity contribution in [1.82, 2.24) is 30.1 Å². The van der Waals surface area contributed by atoms with Gasteiger partial charge in [0.1, 0.15) is 16.5 Å². The molecule has 3 aliphatic rings. The van der Waals surface area contributed by atoms with Crippen molar-refractivity contribution in [2.45, 2.75) is 82.6 Å². The number of benzene rings is 3. The first-order valence-corrected chi connectivity index (χ1v) is 25.6. The first kappa shape index (κ1) is 50.5. The average Bonchev–Trinajstić information content (AvgIpc) is 3.87. The number of aryl methyl sites for hydroxylation is 3. The van der Waals surface area contributed by atoms with Crippen molar-refractivity contribution in [3.63, 3.8) is 0 Å². The highest BCUT2D eigenvalue weighted by atomic mass is 32.2. The lowest BCUT2D eigenvalue weighted by molar-refractivity contribution is 0.0966. The standard InChI is InChI=1S/C55H70F3N11S/c1-10-13-14-43(36(5)59-7)52-45(56)31-42(32-46(52)57)69-22-19-40(34-69)37(6)66-25-27-67(28-26-66)41-20-23-68(24-21-41)50-30-38(11-2)49(29-39(50)12-3)63-55-60-33-51(70-58)54(64-55)62-48-18-17-47-44(53(48)65(8)9)16-15-35(4)61-47/h10,15-18,29-33,40-41,43,59H,1,5-6,11-14,19-28,34H2,2-4,7-9H3,(H2,60,62,63,64). The van der Waals surface area contributed by atoms with Gasteiger partial charge in [-0.25, -0.2) is 13.8 Å². The van der Waals surface area contributed by atoms with Crippen molar-refractivity contribution < 1.29 is 12.7 Å². The van der Waals surface area contributed by atoms with E-state index < -0.39 is 17.6 Å². The van der Waals surface area contributed by atoms with Gasteiger partial charge in [0.15, 0.2) is 5.82 Å². The summed E-state index contributed by atoms with van der Waals surface area (Å²) < 4.78 is 45.6. The first-order chi connectivity index (χ1) is 33.8. The molecular weight excluding hydrogens is 904 g/mol. The van der Waals surface area contributed by atoms with Gasteiger partial charge in [0, 0.05) is 136 Å². The highest BCUT2D eigenvalue weighted by molar-refractivity contribution is 7.94. The number of allylic oxidation sites excluding steroid dienone is 2. The smallest absolute Gasteiger partial charge is 0.229 e. The molecule has 0 spiro atoms. The molecule has 0 bridgehead atoms. The fourth-order valence-electron chi connectivity index (χ4n) is 10.8. The van der Waals surface area contributed by atoms with E-state index in [-0.39, 0.29) is 23.6 Å². The third kappa shape index (κ3) is 10.8. The quantitative estimate of drug-likeness (QED) is 0.0689. The van der Waals surface area contributed by atoms with Crippen LogP contribution in [0.15, 0.2) is 96.8 Å². The Morgan fingerprint density at radius 1 is 0.871 bits per heavy atom. The van der Waals surface area contributed by atoms with Crippen LogP contribution in [0.4, 0.5) is 52.9 Å². The largest absolute Gasteiger partial charge is 0.391 e. The van der Waals surface area contributed by atoms with Crippen LogP contribution in [0.25, 0.3) is 10.9 Å². The second-order valence-electron chi connectivity index (χ2n) is 19.1. The van der Waals surface area contributed by atoms with Crippen LogP contribution in [0.2, 0.25) is 0 Å². The Bertz CT molecular complexity index is 2670. The Labute approximate surface area is 417 Å². The maximum absolute atomic E-state index is 15.7. The fraction of sp³-hybridized carbons (Fsp3) is 0.436. The minimum absolute atomic E-state index is 0.0664. The molecule has 3 fully saturated rings. The molecule has 2 aromatic heterocycles. The maximum Gasteiger partial charge on any atom is 0.229 e. The predicted molar refractivity (Wildman–Crippen MR) is 286 cm³/mol. The van der Waals surface area contributed by atoms with Crippen LogP contribution in [0.5, 0.6) is 0 Å². The van der Waals surface area contributed by atoms with E-state index in [1.54, 1.807) is 13.1 Å². The number of nitrogens with one attached hydrogen (secondary N) is 3. The lowest BCUT2D eigenvalue weighted by Gasteiger charge is -2.45. The maximum atomic E-state index is 15.7. The highest BCUT2D eigenvalue weighted by Gasteiger charge is 2.33. The van der Waals surface area contributed by atoms with E-state index in [1.807, 2.05) is 44.1 Å². The second-order valence-corrected chi connectivity index (χ2v) is 19.7. The fourth-order valence-corrected chi connectivity index (χ4v) is 11.0. The molecule has 0 amide bonds.